The van der Waals surface area contributed by atoms with Gasteiger partial charge in [0.15, 0.2) is 0 Å². The zero-order chi connectivity index (χ0) is 18.0. The molecule has 1 unspecified atom stereocenters. The second-order valence-corrected chi connectivity index (χ2v) is 8.99. The van der Waals surface area contributed by atoms with Crippen molar-refractivity contribution in [3.05, 3.63) is 51.2 Å². The van der Waals surface area contributed by atoms with Crippen LogP contribution in [0.3, 0.4) is 0 Å². The smallest absolute Gasteiger partial charge is 0.252 e. The van der Waals surface area contributed by atoms with E-state index in [1.165, 1.54) is 16.9 Å². The summed E-state index contributed by atoms with van der Waals surface area (Å²) in [6, 6.07) is 7.14. The molecule has 3 nitrogen and oxygen atoms in total. The van der Waals surface area contributed by atoms with Crippen molar-refractivity contribution in [3.63, 3.8) is 0 Å². The molecule has 0 fully saturated rings. The van der Waals surface area contributed by atoms with Crippen LogP contribution in [-0.2, 0) is 19.3 Å². The van der Waals surface area contributed by atoms with Gasteiger partial charge in [-0.15, -0.1) is 11.3 Å². The molecule has 0 spiro atoms. The number of benzene rings is 1. The first kappa shape index (κ1) is 18.0. The monoisotopic (exact) mass is 357 g/mol. The predicted octanol–water partition coefficient (Wildman–Crippen LogP) is 4.58. The molecule has 1 aromatic heterocycles. The molecule has 0 saturated carbocycles. The van der Waals surface area contributed by atoms with E-state index in [1.54, 1.807) is 23.5 Å². The van der Waals surface area contributed by atoms with E-state index in [4.69, 9.17) is 0 Å². The van der Waals surface area contributed by atoms with Gasteiger partial charge in [-0.3, -0.25) is 4.79 Å². The van der Waals surface area contributed by atoms with Crippen LogP contribution < -0.4 is 5.32 Å². The van der Waals surface area contributed by atoms with Gasteiger partial charge in [-0.2, -0.15) is 0 Å². The maximum atomic E-state index is 12.6. The van der Waals surface area contributed by atoms with E-state index in [0.29, 0.717) is 17.9 Å². The van der Waals surface area contributed by atoms with Gasteiger partial charge in [-0.05, 0) is 60.3 Å². The number of nitrogens with one attached hydrogen (secondary N) is 1. The summed E-state index contributed by atoms with van der Waals surface area (Å²) in [7, 11) is 0. The summed E-state index contributed by atoms with van der Waals surface area (Å²) < 4.78 is 0. The van der Waals surface area contributed by atoms with Crippen molar-refractivity contribution in [2.24, 2.45) is 11.3 Å². The predicted molar refractivity (Wildman–Crippen MR) is 103 cm³/mol. The molecule has 3 rings (SSSR count). The fraction of sp³-hybridized carbons (Fsp3) is 0.476. The molecule has 1 aliphatic carbocycles. The fourth-order valence-corrected chi connectivity index (χ4v) is 4.68. The Morgan fingerprint density at radius 2 is 2.00 bits per heavy atom. The average molecular weight is 358 g/mol. The molecule has 1 aromatic carbocycles. The molecule has 0 aliphatic heterocycles. The van der Waals surface area contributed by atoms with Gasteiger partial charge in [0.2, 0.25) is 0 Å². The highest BCUT2D eigenvalue weighted by Crippen LogP contribution is 2.40. The van der Waals surface area contributed by atoms with Crippen LogP contribution in [0.4, 0.5) is 0 Å². The molecule has 1 aliphatic rings. The maximum Gasteiger partial charge on any atom is 0.252 e. The molecule has 2 aromatic rings. The van der Waals surface area contributed by atoms with Crippen molar-refractivity contribution in [1.29, 1.82) is 0 Å². The SMILES string of the molecule is CC(C)(C)C1CCc2c(C(=O)NCCc3ccc(O)cc3)csc2C1. The molecular weight excluding hydrogens is 330 g/mol. The van der Waals surface area contributed by atoms with E-state index in [-0.39, 0.29) is 11.7 Å². The number of hydrogen-bond acceptors (Lipinski definition) is 3. The number of amides is 1. The Labute approximate surface area is 154 Å². The maximum absolute atomic E-state index is 12.6. The Kier molecular flexibility index (Phi) is 5.19. The highest BCUT2D eigenvalue weighted by molar-refractivity contribution is 7.10. The first-order chi connectivity index (χ1) is 11.8. The number of hydrogen-bond donors (Lipinski definition) is 2. The number of carbonyl (C=O) groups is 1. The molecule has 25 heavy (non-hydrogen) atoms. The summed E-state index contributed by atoms with van der Waals surface area (Å²) in [5.41, 5.74) is 3.58. The third kappa shape index (κ3) is 4.24. The molecule has 0 saturated heterocycles. The van der Waals surface area contributed by atoms with Crippen LogP contribution in [-0.4, -0.2) is 17.6 Å². The van der Waals surface area contributed by atoms with Crippen molar-refractivity contribution in [1.82, 2.24) is 5.32 Å². The Morgan fingerprint density at radius 1 is 1.28 bits per heavy atom. The number of aromatic hydroxyl groups is 1. The molecule has 1 heterocycles. The van der Waals surface area contributed by atoms with Gasteiger partial charge in [0.25, 0.3) is 5.91 Å². The first-order valence-corrected chi connectivity index (χ1v) is 9.88. The van der Waals surface area contributed by atoms with Crippen LogP contribution in [0, 0.1) is 11.3 Å². The van der Waals surface area contributed by atoms with Crippen LogP contribution in [0.2, 0.25) is 0 Å². The quantitative estimate of drug-likeness (QED) is 0.841. The largest absolute Gasteiger partial charge is 0.508 e. The number of thiophene rings is 1. The lowest BCUT2D eigenvalue weighted by Gasteiger charge is -2.34. The van der Waals surface area contributed by atoms with E-state index in [2.05, 4.69) is 26.1 Å². The van der Waals surface area contributed by atoms with Gasteiger partial charge in [0, 0.05) is 16.8 Å². The number of fused-ring (bicyclic) bond motifs is 1. The Bertz CT molecular complexity index is 740. The van der Waals surface area contributed by atoms with Gasteiger partial charge in [0.05, 0.1) is 5.56 Å². The third-order valence-electron chi connectivity index (χ3n) is 5.26. The first-order valence-electron chi connectivity index (χ1n) is 9.00. The van der Waals surface area contributed by atoms with E-state index >= 15 is 0 Å². The van der Waals surface area contributed by atoms with Crippen LogP contribution in [0.25, 0.3) is 0 Å². The fourth-order valence-electron chi connectivity index (χ4n) is 3.52. The van der Waals surface area contributed by atoms with Crippen molar-refractivity contribution < 1.29 is 9.90 Å². The van der Waals surface area contributed by atoms with Gasteiger partial charge in [0.1, 0.15) is 5.75 Å². The lowest BCUT2D eigenvalue weighted by atomic mass is 9.72. The summed E-state index contributed by atoms with van der Waals surface area (Å²) in [6.45, 7) is 7.55. The summed E-state index contributed by atoms with van der Waals surface area (Å²) in [6.07, 6.45) is 4.05. The minimum atomic E-state index is 0.0467. The van der Waals surface area contributed by atoms with Crippen molar-refractivity contribution in [3.8, 4) is 5.75 Å². The van der Waals surface area contributed by atoms with Crippen molar-refractivity contribution in [2.75, 3.05) is 6.54 Å². The van der Waals surface area contributed by atoms with Gasteiger partial charge >= 0.3 is 0 Å². The molecule has 2 N–H and O–H groups in total. The zero-order valence-electron chi connectivity index (χ0n) is 15.3. The lowest BCUT2D eigenvalue weighted by molar-refractivity contribution is 0.0953. The number of rotatable bonds is 4. The van der Waals surface area contributed by atoms with Gasteiger partial charge in [-0.1, -0.05) is 32.9 Å². The minimum absolute atomic E-state index is 0.0467. The van der Waals surface area contributed by atoms with Crippen LogP contribution in [0.5, 0.6) is 5.75 Å². The molecule has 0 bridgehead atoms. The lowest BCUT2D eigenvalue weighted by Crippen LogP contribution is -2.29. The van der Waals surface area contributed by atoms with E-state index in [1.807, 2.05) is 17.5 Å². The number of carbonyl (C=O) groups excluding carboxylic acids is 1. The molecule has 1 amide bonds. The van der Waals surface area contributed by atoms with Crippen molar-refractivity contribution in [2.45, 2.75) is 46.5 Å². The Morgan fingerprint density at radius 3 is 2.68 bits per heavy atom. The summed E-state index contributed by atoms with van der Waals surface area (Å²) in [4.78, 5) is 14.0. The minimum Gasteiger partial charge on any atom is -0.508 e. The molecule has 0 radical (unpaired) electrons. The summed E-state index contributed by atoms with van der Waals surface area (Å²) >= 11 is 1.74. The molecule has 1 atom stereocenters. The Hall–Kier alpha value is -1.81. The van der Waals surface area contributed by atoms with Crippen LogP contribution >= 0.6 is 11.3 Å². The average Bonchev–Trinajstić information content (AvgIpc) is 2.99. The topological polar surface area (TPSA) is 49.3 Å². The van der Waals surface area contributed by atoms with E-state index in [0.717, 1.165) is 30.4 Å². The highest BCUT2D eigenvalue weighted by atomic mass is 32.1. The molecular formula is C21H27NO2S. The zero-order valence-corrected chi connectivity index (χ0v) is 16.1. The number of phenols is 1. The summed E-state index contributed by atoms with van der Waals surface area (Å²) in [5, 5.41) is 14.4. The Balaban J connectivity index is 1.59. The van der Waals surface area contributed by atoms with Gasteiger partial charge in [-0.25, -0.2) is 0 Å². The number of phenolic OH excluding ortho intramolecular Hbond substituents is 1. The second-order valence-electron chi connectivity index (χ2n) is 8.03. The van der Waals surface area contributed by atoms with Crippen LogP contribution in [0.15, 0.2) is 29.6 Å². The molecule has 4 heteroatoms. The molecule has 134 valence electrons. The van der Waals surface area contributed by atoms with Crippen molar-refractivity contribution >= 4 is 17.2 Å². The summed E-state index contributed by atoms with van der Waals surface area (Å²) in [5.74, 6) is 1.01. The van der Waals surface area contributed by atoms with E-state index < -0.39 is 0 Å². The van der Waals surface area contributed by atoms with E-state index in [9.17, 15) is 9.90 Å². The normalized spacial score (nSPS) is 17.2. The second kappa shape index (κ2) is 7.20. The third-order valence-corrected chi connectivity index (χ3v) is 6.31. The van der Waals surface area contributed by atoms with Crippen LogP contribution in [0.1, 0.15) is 53.6 Å². The highest BCUT2D eigenvalue weighted by Gasteiger charge is 2.31. The standard InChI is InChI=1S/C21H27NO2S/c1-21(2,3)15-6-9-17-18(13-25-19(17)12-15)20(24)22-11-10-14-4-7-16(23)8-5-14/h4-5,7-8,13,15,23H,6,9-12H2,1-3H3,(H,22,24). The van der Waals surface area contributed by atoms with Gasteiger partial charge < -0.3 is 10.4 Å².